The van der Waals surface area contributed by atoms with Crippen LogP contribution in [0.3, 0.4) is 0 Å². The maximum atomic E-state index is 5.53. The third-order valence-electron chi connectivity index (χ3n) is 1.24. The van der Waals surface area contributed by atoms with E-state index in [1.807, 2.05) is 0 Å². The molecule has 2 heterocycles. The Labute approximate surface area is 73.1 Å². The highest BCUT2D eigenvalue weighted by atomic mass is 35.5. The molecular weight excluding hydrogens is 180 g/mol. The summed E-state index contributed by atoms with van der Waals surface area (Å²) in [6.07, 6.45) is 3.15. The topological polar surface area (TPSA) is 51.0 Å². The van der Waals surface area contributed by atoms with Crippen LogP contribution in [0, 0.1) is 0 Å². The van der Waals surface area contributed by atoms with E-state index in [1.165, 1.54) is 6.20 Å². The Hall–Kier alpha value is -1.42. The molecule has 5 heteroatoms. The Morgan fingerprint density at radius 2 is 2.42 bits per heavy atom. The lowest BCUT2D eigenvalue weighted by Gasteiger charge is -1.94. The quantitative estimate of drug-likeness (QED) is 0.780. The highest BCUT2D eigenvalue weighted by molar-refractivity contribution is 6.28. The van der Waals surface area contributed by atoms with E-state index in [9.17, 15) is 0 Å². The number of aromatic amines is 1. The first-order valence-electron chi connectivity index (χ1n) is 3.26. The molecule has 0 aromatic carbocycles. The minimum absolute atomic E-state index is 0.300. The summed E-state index contributed by atoms with van der Waals surface area (Å²) in [6, 6.07) is 3.24. The van der Waals surface area contributed by atoms with Gasteiger partial charge in [0, 0.05) is 12.1 Å². The molecule has 0 spiro atoms. The molecule has 1 N–H and O–H groups in total. The van der Waals surface area contributed by atoms with Gasteiger partial charge < -0.3 is 9.15 Å². The van der Waals surface area contributed by atoms with Crippen LogP contribution in [0.2, 0.25) is 5.22 Å². The number of hydrogen-bond donors (Lipinski definition) is 1. The molecule has 2 rings (SSSR count). The molecule has 0 bridgehead atoms. The van der Waals surface area contributed by atoms with Crippen molar-refractivity contribution >= 4 is 11.6 Å². The lowest BCUT2D eigenvalue weighted by atomic mass is 10.6. The third kappa shape index (κ3) is 1.43. The lowest BCUT2D eigenvalue weighted by Crippen LogP contribution is -1.76. The van der Waals surface area contributed by atoms with E-state index in [1.54, 1.807) is 18.3 Å². The van der Waals surface area contributed by atoms with Crippen molar-refractivity contribution in [1.82, 2.24) is 10.2 Å². The largest absolute Gasteiger partial charge is 0.423 e. The molecule has 0 aliphatic heterocycles. The van der Waals surface area contributed by atoms with Crippen molar-refractivity contribution in [3.63, 3.8) is 0 Å². The fourth-order valence-corrected chi connectivity index (χ4v) is 0.903. The fraction of sp³-hybridized carbons (Fsp3) is 0. The van der Waals surface area contributed by atoms with E-state index in [0.717, 1.165) is 0 Å². The molecule has 0 amide bonds. The van der Waals surface area contributed by atoms with Gasteiger partial charge in [0.05, 0.1) is 12.4 Å². The number of halogens is 1. The second kappa shape index (κ2) is 2.91. The Morgan fingerprint density at radius 3 is 3.00 bits per heavy atom. The first-order valence-corrected chi connectivity index (χ1v) is 3.64. The minimum Gasteiger partial charge on any atom is -0.423 e. The van der Waals surface area contributed by atoms with Crippen LogP contribution in [-0.4, -0.2) is 10.2 Å². The van der Waals surface area contributed by atoms with Crippen LogP contribution in [0.5, 0.6) is 11.7 Å². The van der Waals surface area contributed by atoms with Crippen LogP contribution in [-0.2, 0) is 0 Å². The first kappa shape index (κ1) is 7.24. The monoisotopic (exact) mass is 184 g/mol. The molecule has 12 heavy (non-hydrogen) atoms. The molecule has 0 atom stereocenters. The number of aromatic nitrogens is 2. The number of nitrogens with one attached hydrogen (secondary N) is 1. The number of furan rings is 1. The summed E-state index contributed by atoms with van der Waals surface area (Å²) in [6.45, 7) is 0. The first-order chi connectivity index (χ1) is 5.84. The summed E-state index contributed by atoms with van der Waals surface area (Å²) >= 11 is 5.53. The van der Waals surface area contributed by atoms with Crippen molar-refractivity contribution in [1.29, 1.82) is 0 Å². The number of H-pyrrole nitrogens is 1. The highest BCUT2D eigenvalue weighted by Gasteiger charge is 2.01. The van der Waals surface area contributed by atoms with Gasteiger partial charge in [-0.1, -0.05) is 0 Å². The third-order valence-corrected chi connectivity index (χ3v) is 1.44. The van der Waals surface area contributed by atoms with E-state index in [4.69, 9.17) is 20.8 Å². The molecule has 0 radical (unpaired) electrons. The zero-order chi connectivity index (χ0) is 8.39. The average molecular weight is 185 g/mol. The van der Waals surface area contributed by atoms with Gasteiger partial charge in [-0.3, -0.25) is 5.10 Å². The zero-order valence-corrected chi connectivity index (χ0v) is 6.71. The standard InChI is InChI=1S/C7H5ClN2O2/c8-6-1-2-7(12-6)11-5-3-9-10-4-5/h1-4H,(H,9,10). The molecule has 4 nitrogen and oxygen atoms in total. The Morgan fingerprint density at radius 1 is 1.50 bits per heavy atom. The van der Waals surface area contributed by atoms with E-state index >= 15 is 0 Å². The molecule has 0 fully saturated rings. The molecule has 0 saturated carbocycles. The summed E-state index contributed by atoms with van der Waals surface area (Å²) in [5.74, 6) is 0.933. The SMILES string of the molecule is Clc1ccc(Oc2cn[nH]c2)o1. The van der Waals surface area contributed by atoms with Crippen LogP contribution in [0.15, 0.2) is 28.9 Å². The zero-order valence-electron chi connectivity index (χ0n) is 5.95. The van der Waals surface area contributed by atoms with Crippen LogP contribution in [0.25, 0.3) is 0 Å². The van der Waals surface area contributed by atoms with Gasteiger partial charge in [0.1, 0.15) is 0 Å². The van der Waals surface area contributed by atoms with Crippen molar-refractivity contribution < 1.29 is 9.15 Å². The van der Waals surface area contributed by atoms with E-state index in [-0.39, 0.29) is 0 Å². The molecule has 0 unspecified atom stereocenters. The molecule has 2 aromatic rings. The normalized spacial score (nSPS) is 10.1. The van der Waals surface area contributed by atoms with Gasteiger partial charge in [-0.05, 0) is 11.6 Å². The van der Waals surface area contributed by atoms with Crippen LogP contribution < -0.4 is 4.74 Å². The van der Waals surface area contributed by atoms with E-state index in [2.05, 4.69) is 10.2 Å². The van der Waals surface area contributed by atoms with Crippen molar-refractivity contribution in [2.24, 2.45) is 0 Å². The van der Waals surface area contributed by atoms with E-state index < -0.39 is 0 Å². The van der Waals surface area contributed by atoms with Gasteiger partial charge >= 0.3 is 0 Å². The summed E-state index contributed by atoms with van der Waals surface area (Å²) in [5.41, 5.74) is 0. The van der Waals surface area contributed by atoms with Crippen LogP contribution in [0.1, 0.15) is 0 Å². The molecule has 0 saturated heterocycles. The van der Waals surface area contributed by atoms with Gasteiger partial charge in [-0.15, -0.1) is 0 Å². The van der Waals surface area contributed by atoms with Crippen LogP contribution in [0.4, 0.5) is 0 Å². The maximum Gasteiger partial charge on any atom is 0.291 e. The van der Waals surface area contributed by atoms with E-state index in [0.29, 0.717) is 16.9 Å². The second-order valence-corrected chi connectivity index (χ2v) is 2.47. The summed E-state index contributed by atoms with van der Waals surface area (Å²) in [4.78, 5) is 0. The van der Waals surface area contributed by atoms with Crippen molar-refractivity contribution in [3.05, 3.63) is 29.7 Å². The number of ether oxygens (including phenoxy) is 1. The highest BCUT2D eigenvalue weighted by Crippen LogP contribution is 2.24. The maximum absolute atomic E-state index is 5.53. The van der Waals surface area contributed by atoms with Crippen LogP contribution >= 0.6 is 11.6 Å². The van der Waals surface area contributed by atoms with Gasteiger partial charge in [0.25, 0.3) is 5.95 Å². The predicted molar refractivity (Wildman–Crippen MR) is 42.4 cm³/mol. The Bertz CT molecular complexity index is 355. The number of nitrogens with zero attached hydrogens (tertiary/aromatic N) is 1. The smallest absolute Gasteiger partial charge is 0.291 e. The second-order valence-electron chi connectivity index (χ2n) is 2.09. The molecule has 2 aromatic heterocycles. The fourth-order valence-electron chi connectivity index (χ4n) is 0.764. The van der Waals surface area contributed by atoms with Crippen molar-refractivity contribution in [2.75, 3.05) is 0 Å². The van der Waals surface area contributed by atoms with Crippen molar-refractivity contribution in [3.8, 4) is 11.7 Å². The minimum atomic E-state index is 0.300. The molecule has 62 valence electrons. The molecule has 0 aliphatic rings. The average Bonchev–Trinajstić information content (AvgIpc) is 2.63. The Balaban J connectivity index is 2.14. The molecule has 0 aliphatic carbocycles. The lowest BCUT2D eigenvalue weighted by molar-refractivity contribution is 0.347. The van der Waals surface area contributed by atoms with Gasteiger partial charge in [0.2, 0.25) is 0 Å². The van der Waals surface area contributed by atoms with Gasteiger partial charge in [0.15, 0.2) is 11.0 Å². The number of hydrogen-bond acceptors (Lipinski definition) is 3. The summed E-state index contributed by atoms with van der Waals surface area (Å²) < 4.78 is 10.2. The molecular formula is C7H5ClN2O2. The van der Waals surface area contributed by atoms with Gasteiger partial charge in [-0.25, -0.2) is 0 Å². The summed E-state index contributed by atoms with van der Waals surface area (Å²) in [5, 5.41) is 6.61. The predicted octanol–water partition coefficient (Wildman–Crippen LogP) is 2.45. The Kier molecular flexibility index (Phi) is 1.75. The van der Waals surface area contributed by atoms with Gasteiger partial charge in [-0.2, -0.15) is 5.10 Å². The number of rotatable bonds is 2. The summed E-state index contributed by atoms with van der Waals surface area (Å²) in [7, 11) is 0. The van der Waals surface area contributed by atoms with Crippen molar-refractivity contribution in [2.45, 2.75) is 0 Å².